The molecular formula is C17H15BrN2O2. The van der Waals surface area contributed by atoms with E-state index in [1.807, 2.05) is 54.6 Å². The smallest absolute Gasteiger partial charge is 0.318 e. The molecule has 2 aromatic carbocycles. The molecule has 1 aliphatic heterocycles. The molecule has 0 unspecified atom stereocenters. The van der Waals surface area contributed by atoms with Gasteiger partial charge in [-0.25, -0.2) is 4.79 Å². The van der Waals surface area contributed by atoms with Crippen LogP contribution >= 0.6 is 15.9 Å². The number of carbonyl (C=O) groups is 2. The van der Waals surface area contributed by atoms with Gasteiger partial charge in [0.05, 0.1) is 6.04 Å². The van der Waals surface area contributed by atoms with Crippen molar-refractivity contribution in [2.75, 3.05) is 13.6 Å². The lowest BCUT2D eigenvalue weighted by Gasteiger charge is -2.27. The molecule has 1 aliphatic rings. The first-order valence-corrected chi connectivity index (χ1v) is 7.75. The van der Waals surface area contributed by atoms with Gasteiger partial charge in [0.2, 0.25) is 0 Å². The van der Waals surface area contributed by atoms with E-state index in [2.05, 4.69) is 15.9 Å². The Morgan fingerprint density at radius 1 is 0.955 bits per heavy atom. The number of halogens is 1. The van der Waals surface area contributed by atoms with Crippen LogP contribution in [0.2, 0.25) is 0 Å². The zero-order chi connectivity index (χ0) is 15.7. The van der Waals surface area contributed by atoms with E-state index in [1.54, 1.807) is 7.05 Å². The molecule has 0 spiro atoms. The van der Waals surface area contributed by atoms with Crippen molar-refractivity contribution in [1.29, 1.82) is 0 Å². The Kier molecular flexibility index (Phi) is 3.98. The van der Waals surface area contributed by atoms with Crippen molar-refractivity contribution in [1.82, 2.24) is 9.80 Å². The van der Waals surface area contributed by atoms with Crippen molar-refractivity contribution in [3.05, 3.63) is 70.2 Å². The van der Waals surface area contributed by atoms with Gasteiger partial charge in [-0.3, -0.25) is 9.69 Å². The maximum atomic E-state index is 12.4. The number of hydrogen-bond acceptors (Lipinski definition) is 2. The van der Waals surface area contributed by atoms with Crippen molar-refractivity contribution >= 4 is 27.9 Å². The summed E-state index contributed by atoms with van der Waals surface area (Å²) < 4.78 is 0.958. The van der Waals surface area contributed by atoms with E-state index in [4.69, 9.17) is 0 Å². The number of amides is 3. The third-order valence-electron chi connectivity index (χ3n) is 3.73. The van der Waals surface area contributed by atoms with Gasteiger partial charge in [0.15, 0.2) is 0 Å². The zero-order valence-corrected chi connectivity index (χ0v) is 13.7. The average Bonchev–Trinajstić information content (AvgIpc) is 2.77. The number of urea groups is 1. The predicted molar refractivity (Wildman–Crippen MR) is 87.3 cm³/mol. The highest BCUT2D eigenvalue weighted by molar-refractivity contribution is 9.10. The third-order valence-corrected chi connectivity index (χ3v) is 4.26. The summed E-state index contributed by atoms with van der Waals surface area (Å²) in [5.74, 6) is -0.177. The molecule has 22 heavy (non-hydrogen) atoms. The standard InChI is InChI=1S/C17H15BrN2O2/c1-19-11-15(21)20(17(19)22)16(12-5-3-2-4-6-12)13-7-9-14(18)10-8-13/h2-10,16H,11H2,1H3/t16-/m1/s1. The summed E-state index contributed by atoms with van der Waals surface area (Å²) in [5, 5.41) is 0. The van der Waals surface area contributed by atoms with Gasteiger partial charge < -0.3 is 4.90 Å². The summed E-state index contributed by atoms with van der Waals surface area (Å²) in [7, 11) is 1.64. The third kappa shape index (κ3) is 2.64. The zero-order valence-electron chi connectivity index (χ0n) is 12.1. The monoisotopic (exact) mass is 358 g/mol. The molecule has 3 rings (SSSR count). The molecule has 1 saturated heterocycles. The number of nitrogens with zero attached hydrogens (tertiary/aromatic N) is 2. The van der Waals surface area contributed by atoms with Crippen LogP contribution in [-0.4, -0.2) is 35.3 Å². The van der Waals surface area contributed by atoms with Crippen LogP contribution in [0.3, 0.4) is 0 Å². The van der Waals surface area contributed by atoms with Crippen LogP contribution in [0.4, 0.5) is 4.79 Å². The number of rotatable bonds is 3. The summed E-state index contributed by atoms with van der Waals surface area (Å²) in [4.78, 5) is 27.5. The Bertz CT molecular complexity index is 700. The first-order chi connectivity index (χ1) is 10.6. The van der Waals surface area contributed by atoms with Crippen molar-refractivity contribution in [3.63, 3.8) is 0 Å². The molecule has 1 heterocycles. The molecular weight excluding hydrogens is 344 g/mol. The average molecular weight is 359 g/mol. The molecule has 0 N–H and O–H groups in total. The van der Waals surface area contributed by atoms with E-state index < -0.39 is 6.04 Å². The van der Waals surface area contributed by atoms with Gasteiger partial charge in [0.1, 0.15) is 6.54 Å². The summed E-state index contributed by atoms with van der Waals surface area (Å²) in [6.07, 6.45) is 0. The van der Waals surface area contributed by atoms with Gasteiger partial charge in [-0.05, 0) is 23.3 Å². The van der Waals surface area contributed by atoms with Crippen molar-refractivity contribution in [3.8, 4) is 0 Å². The molecule has 2 aromatic rings. The lowest BCUT2D eigenvalue weighted by molar-refractivity contribution is -0.126. The minimum atomic E-state index is -0.403. The lowest BCUT2D eigenvalue weighted by atomic mass is 9.97. The van der Waals surface area contributed by atoms with Gasteiger partial charge in [-0.2, -0.15) is 0 Å². The Morgan fingerprint density at radius 3 is 2.09 bits per heavy atom. The summed E-state index contributed by atoms with van der Waals surface area (Å²) >= 11 is 3.41. The fourth-order valence-corrected chi connectivity index (χ4v) is 2.93. The van der Waals surface area contributed by atoms with E-state index >= 15 is 0 Å². The van der Waals surface area contributed by atoms with E-state index in [9.17, 15) is 9.59 Å². The molecule has 0 saturated carbocycles. The van der Waals surface area contributed by atoms with E-state index in [-0.39, 0.29) is 18.5 Å². The Balaban J connectivity index is 2.09. The topological polar surface area (TPSA) is 40.6 Å². The molecule has 3 amide bonds. The van der Waals surface area contributed by atoms with Crippen molar-refractivity contribution < 1.29 is 9.59 Å². The van der Waals surface area contributed by atoms with Gasteiger partial charge in [0.25, 0.3) is 5.91 Å². The molecule has 0 bridgehead atoms. The maximum absolute atomic E-state index is 12.4. The largest absolute Gasteiger partial charge is 0.327 e. The number of carbonyl (C=O) groups excluding carboxylic acids is 2. The molecule has 1 fully saturated rings. The van der Waals surface area contributed by atoms with E-state index in [0.29, 0.717) is 0 Å². The van der Waals surface area contributed by atoms with Crippen LogP contribution in [0.1, 0.15) is 17.2 Å². The minimum absolute atomic E-state index is 0.124. The first kappa shape index (κ1) is 14.8. The quantitative estimate of drug-likeness (QED) is 0.788. The molecule has 4 nitrogen and oxygen atoms in total. The predicted octanol–water partition coefficient (Wildman–Crippen LogP) is 3.43. The summed E-state index contributed by atoms with van der Waals surface area (Å²) in [6.45, 7) is 0.124. The second-order valence-corrected chi connectivity index (χ2v) is 6.18. The Morgan fingerprint density at radius 2 is 1.55 bits per heavy atom. The van der Waals surface area contributed by atoms with Crippen LogP contribution in [0.15, 0.2) is 59.1 Å². The fraction of sp³-hybridized carbons (Fsp3) is 0.176. The number of benzene rings is 2. The number of likely N-dealkylation sites (N-methyl/N-ethyl adjacent to an activating group) is 1. The van der Waals surface area contributed by atoms with Gasteiger partial charge in [0, 0.05) is 11.5 Å². The lowest BCUT2D eigenvalue weighted by Crippen LogP contribution is -2.36. The molecule has 1 atom stereocenters. The second kappa shape index (κ2) is 5.93. The molecule has 112 valence electrons. The second-order valence-electron chi connectivity index (χ2n) is 5.27. The van der Waals surface area contributed by atoms with Crippen LogP contribution in [0, 0.1) is 0 Å². The van der Waals surface area contributed by atoms with Crippen LogP contribution in [0.25, 0.3) is 0 Å². The highest BCUT2D eigenvalue weighted by atomic mass is 79.9. The molecule has 5 heteroatoms. The maximum Gasteiger partial charge on any atom is 0.327 e. The SMILES string of the molecule is CN1CC(=O)N([C@H](c2ccccc2)c2ccc(Br)cc2)C1=O. The molecule has 0 aromatic heterocycles. The summed E-state index contributed by atoms with van der Waals surface area (Å²) in [5.41, 5.74) is 1.83. The Labute approximate surface area is 137 Å². The molecule has 0 aliphatic carbocycles. The number of hydrogen-bond donors (Lipinski definition) is 0. The normalized spacial score (nSPS) is 16.3. The van der Waals surface area contributed by atoms with Gasteiger partial charge >= 0.3 is 6.03 Å². The first-order valence-electron chi connectivity index (χ1n) is 6.95. The van der Waals surface area contributed by atoms with E-state index in [0.717, 1.165) is 15.6 Å². The van der Waals surface area contributed by atoms with Crippen molar-refractivity contribution in [2.24, 2.45) is 0 Å². The van der Waals surface area contributed by atoms with Crippen LogP contribution in [0.5, 0.6) is 0 Å². The van der Waals surface area contributed by atoms with Crippen LogP contribution < -0.4 is 0 Å². The highest BCUT2D eigenvalue weighted by Gasteiger charge is 2.39. The molecule has 0 radical (unpaired) electrons. The fourth-order valence-electron chi connectivity index (χ4n) is 2.66. The van der Waals surface area contributed by atoms with Gasteiger partial charge in [-0.1, -0.05) is 58.4 Å². The van der Waals surface area contributed by atoms with Crippen LogP contribution in [-0.2, 0) is 4.79 Å². The number of imide groups is 1. The van der Waals surface area contributed by atoms with Gasteiger partial charge in [-0.15, -0.1) is 0 Å². The minimum Gasteiger partial charge on any atom is -0.318 e. The summed E-state index contributed by atoms with van der Waals surface area (Å²) in [6, 6.07) is 16.6. The van der Waals surface area contributed by atoms with Crippen molar-refractivity contribution in [2.45, 2.75) is 6.04 Å². The Hall–Kier alpha value is -2.14. The van der Waals surface area contributed by atoms with E-state index in [1.165, 1.54) is 9.80 Å². The highest BCUT2D eigenvalue weighted by Crippen LogP contribution is 2.32.